The smallest absolute Gasteiger partial charge is 0.240 e. The van der Waals surface area contributed by atoms with Crippen LogP contribution in [-0.4, -0.2) is 25.9 Å². The van der Waals surface area contributed by atoms with Crippen LogP contribution < -0.4 is 10.0 Å². The molecule has 0 bridgehead atoms. The number of fused-ring (bicyclic) bond motifs is 1. The van der Waals surface area contributed by atoms with Crippen LogP contribution in [0.1, 0.15) is 31.2 Å². The average Bonchev–Trinajstić information content (AvgIpc) is 3.21. The Morgan fingerprint density at radius 3 is 2.50 bits per heavy atom. The fourth-order valence-corrected chi connectivity index (χ4v) is 5.14. The Balaban J connectivity index is 1.27. The Morgan fingerprint density at radius 1 is 1.03 bits per heavy atom. The molecule has 0 saturated heterocycles. The predicted octanol–water partition coefficient (Wildman–Crippen LogP) is 4.20. The van der Waals surface area contributed by atoms with Gasteiger partial charge in [0.05, 0.1) is 4.90 Å². The summed E-state index contributed by atoms with van der Waals surface area (Å²) in [5.41, 5.74) is 2.82. The van der Waals surface area contributed by atoms with Crippen LogP contribution in [0.5, 0.6) is 0 Å². The second-order valence-corrected chi connectivity index (χ2v) is 9.92. The molecule has 1 fully saturated rings. The van der Waals surface area contributed by atoms with Crippen LogP contribution >= 0.6 is 0 Å². The molecule has 1 aliphatic carbocycles. The van der Waals surface area contributed by atoms with E-state index in [-0.39, 0.29) is 17.7 Å². The number of aryl methyl sites for hydroxylation is 1. The highest BCUT2D eigenvalue weighted by Crippen LogP contribution is 2.30. The van der Waals surface area contributed by atoms with Gasteiger partial charge in [-0.15, -0.1) is 0 Å². The molecule has 0 aliphatic heterocycles. The van der Waals surface area contributed by atoms with Crippen LogP contribution in [0.3, 0.4) is 0 Å². The monoisotopic (exact) mass is 425 g/mol. The standard InChI is InChI=1S/C23H27N3O3S/c1-16-2-10-21(11-3-16)30(28,29)25-15-17-4-6-19(7-5-17)23(27)26-20-9-8-18-12-13-24-22(18)14-20/h2-3,8-14,17,19,24-25H,4-7,15H2,1H3,(H,26,27). The predicted molar refractivity (Wildman–Crippen MR) is 119 cm³/mol. The number of amides is 1. The molecule has 4 rings (SSSR count). The van der Waals surface area contributed by atoms with Gasteiger partial charge in [0, 0.05) is 29.9 Å². The summed E-state index contributed by atoms with van der Waals surface area (Å²) in [7, 11) is -3.49. The first-order chi connectivity index (χ1) is 14.4. The third kappa shape index (κ3) is 4.74. The summed E-state index contributed by atoms with van der Waals surface area (Å²) in [5, 5.41) is 4.13. The van der Waals surface area contributed by atoms with Gasteiger partial charge in [0.2, 0.25) is 15.9 Å². The zero-order valence-electron chi connectivity index (χ0n) is 17.0. The normalized spacial score (nSPS) is 19.6. The molecule has 1 aromatic heterocycles. The summed E-state index contributed by atoms with van der Waals surface area (Å²) in [5.74, 6) is 0.262. The second-order valence-electron chi connectivity index (χ2n) is 8.15. The van der Waals surface area contributed by atoms with Gasteiger partial charge < -0.3 is 10.3 Å². The molecular weight excluding hydrogens is 398 g/mol. The fourth-order valence-electron chi connectivity index (χ4n) is 4.03. The van der Waals surface area contributed by atoms with Crippen molar-refractivity contribution in [2.75, 3.05) is 11.9 Å². The number of carbonyl (C=O) groups is 1. The minimum Gasteiger partial charge on any atom is -0.361 e. The molecule has 0 unspecified atom stereocenters. The van der Waals surface area contributed by atoms with E-state index in [0.29, 0.717) is 11.4 Å². The number of benzene rings is 2. The number of carbonyl (C=O) groups excluding carboxylic acids is 1. The van der Waals surface area contributed by atoms with Crippen LogP contribution in [0.25, 0.3) is 10.9 Å². The largest absolute Gasteiger partial charge is 0.361 e. The first-order valence-corrected chi connectivity index (χ1v) is 11.8. The van der Waals surface area contributed by atoms with Gasteiger partial charge in [0.15, 0.2) is 0 Å². The number of H-pyrrole nitrogens is 1. The highest BCUT2D eigenvalue weighted by molar-refractivity contribution is 7.89. The van der Waals surface area contributed by atoms with E-state index in [1.54, 1.807) is 24.3 Å². The van der Waals surface area contributed by atoms with E-state index in [4.69, 9.17) is 0 Å². The van der Waals surface area contributed by atoms with Crippen molar-refractivity contribution < 1.29 is 13.2 Å². The van der Waals surface area contributed by atoms with Crippen molar-refractivity contribution >= 4 is 32.5 Å². The highest BCUT2D eigenvalue weighted by atomic mass is 32.2. The van der Waals surface area contributed by atoms with E-state index in [1.165, 1.54) is 0 Å². The average molecular weight is 426 g/mol. The fraction of sp³-hybridized carbons (Fsp3) is 0.348. The van der Waals surface area contributed by atoms with Crippen molar-refractivity contribution in [3.05, 3.63) is 60.3 Å². The zero-order chi connectivity index (χ0) is 21.1. The maximum atomic E-state index is 12.6. The van der Waals surface area contributed by atoms with E-state index in [0.717, 1.165) is 47.8 Å². The van der Waals surface area contributed by atoms with Gasteiger partial charge >= 0.3 is 0 Å². The van der Waals surface area contributed by atoms with Gasteiger partial charge in [0.1, 0.15) is 0 Å². The number of rotatable bonds is 6. The summed E-state index contributed by atoms with van der Waals surface area (Å²) in [6, 6.07) is 14.7. The summed E-state index contributed by atoms with van der Waals surface area (Å²) in [4.78, 5) is 16.1. The molecule has 7 heteroatoms. The SMILES string of the molecule is Cc1ccc(S(=O)(=O)NCC2CCC(C(=O)Nc3ccc4cc[nH]c4c3)CC2)cc1. The Kier molecular flexibility index (Phi) is 5.92. The van der Waals surface area contributed by atoms with E-state index >= 15 is 0 Å². The zero-order valence-corrected chi connectivity index (χ0v) is 17.8. The van der Waals surface area contributed by atoms with Crippen molar-refractivity contribution in [2.24, 2.45) is 11.8 Å². The van der Waals surface area contributed by atoms with Gasteiger partial charge in [-0.25, -0.2) is 13.1 Å². The number of aromatic amines is 1. The summed E-state index contributed by atoms with van der Waals surface area (Å²) in [6.45, 7) is 2.34. The van der Waals surface area contributed by atoms with Crippen LogP contribution in [0.15, 0.2) is 59.6 Å². The Morgan fingerprint density at radius 2 is 1.77 bits per heavy atom. The first-order valence-electron chi connectivity index (χ1n) is 10.3. The molecule has 1 aliphatic rings. The lowest BCUT2D eigenvalue weighted by atomic mass is 9.81. The van der Waals surface area contributed by atoms with Crippen LogP contribution in [0.2, 0.25) is 0 Å². The Labute approximate surface area is 177 Å². The maximum Gasteiger partial charge on any atom is 0.240 e. The summed E-state index contributed by atoms with van der Waals surface area (Å²) < 4.78 is 27.6. The Hall–Kier alpha value is -2.64. The minimum absolute atomic E-state index is 0.0331. The van der Waals surface area contributed by atoms with E-state index < -0.39 is 10.0 Å². The molecule has 0 spiro atoms. The maximum absolute atomic E-state index is 12.6. The van der Waals surface area contributed by atoms with Gasteiger partial charge in [-0.3, -0.25) is 4.79 Å². The molecule has 6 nitrogen and oxygen atoms in total. The second kappa shape index (κ2) is 8.62. The molecule has 158 valence electrons. The number of anilines is 1. The molecule has 3 N–H and O–H groups in total. The summed E-state index contributed by atoms with van der Waals surface area (Å²) >= 11 is 0. The third-order valence-electron chi connectivity index (χ3n) is 5.93. The Bertz CT molecular complexity index is 1130. The third-order valence-corrected chi connectivity index (χ3v) is 7.37. The van der Waals surface area contributed by atoms with Crippen molar-refractivity contribution in [3.8, 4) is 0 Å². The van der Waals surface area contributed by atoms with Crippen molar-refractivity contribution in [3.63, 3.8) is 0 Å². The van der Waals surface area contributed by atoms with Gasteiger partial charge in [-0.05, 0) is 74.2 Å². The number of sulfonamides is 1. The quantitative estimate of drug-likeness (QED) is 0.553. The van der Waals surface area contributed by atoms with Crippen LogP contribution in [0, 0.1) is 18.8 Å². The molecule has 1 saturated carbocycles. The van der Waals surface area contributed by atoms with Crippen molar-refractivity contribution in [1.82, 2.24) is 9.71 Å². The topological polar surface area (TPSA) is 91.1 Å². The lowest BCUT2D eigenvalue weighted by Gasteiger charge is -2.28. The molecule has 1 heterocycles. The number of nitrogens with one attached hydrogen (secondary N) is 3. The first kappa shape index (κ1) is 20.6. The van der Waals surface area contributed by atoms with Crippen LogP contribution in [-0.2, 0) is 14.8 Å². The summed E-state index contributed by atoms with van der Waals surface area (Å²) in [6.07, 6.45) is 5.10. The molecule has 30 heavy (non-hydrogen) atoms. The number of hydrogen-bond donors (Lipinski definition) is 3. The number of hydrogen-bond acceptors (Lipinski definition) is 3. The van der Waals surface area contributed by atoms with E-state index in [1.807, 2.05) is 37.4 Å². The van der Waals surface area contributed by atoms with Gasteiger partial charge in [0.25, 0.3) is 0 Å². The van der Waals surface area contributed by atoms with Gasteiger partial charge in [-0.1, -0.05) is 23.8 Å². The van der Waals surface area contributed by atoms with E-state index in [9.17, 15) is 13.2 Å². The molecule has 0 radical (unpaired) electrons. The molecule has 0 atom stereocenters. The number of aromatic nitrogens is 1. The van der Waals surface area contributed by atoms with Crippen molar-refractivity contribution in [2.45, 2.75) is 37.5 Å². The lowest BCUT2D eigenvalue weighted by Crippen LogP contribution is -2.33. The van der Waals surface area contributed by atoms with E-state index in [2.05, 4.69) is 15.0 Å². The molecular formula is C23H27N3O3S. The van der Waals surface area contributed by atoms with Crippen molar-refractivity contribution in [1.29, 1.82) is 0 Å². The molecule has 3 aromatic rings. The highest BCUT2D eigenvalue weighted by Gasteiger charge is 2.27. The minimum atomic E-state index is -3.49. The van der Waals surface area contributed by atoms with Gasteiger partial charge in [-0.2, -0.15) is 0 Å². The molecule has 1 amide bonds. The lowest BCUT2D eigenvalue weighted by molar-refractivity contribution is -0.121. The van der Waals surface area contributed by atoms with Crippen LogP contribution in [0.4, 0.5) is 5.69 Å². The molecule has 2 aromatic carbocycles.